The minimum Gasteiger partial charge on any atom is -0.393 e. The third-order valence-corrected chi connectivity index (χ3v) is 5.35. The van der Waals surface area contributed by atoms with E-state index in [9.17, 15) is 14.3 Å². The van der Waals surface area contributed by atoms with Crippen molar-refractivity contribution in [3.63, 3.8) is 0 Å². The molecule has 2 N–H and O–H groups in total. The lowest BCUT2D eigenvalue weighted by atomic mass is 9.83. The molecule has 2 aliphatic carbocycles. The SMILES string of the molecule is O=C(NCCC[C@@H]1CCCC[C@@H]1O)[C@H]1C[C@H]1c1ccc(F)cc1. The highest BCUT2D eigenvalue weighted by Crippen LogP contribution is 2.47. The number of carbonyl (C=O) groups is 1. The molecule has 2 aliphatic rings. The molecule has 1 aromatic carbocycles. The molecule has 0 bridgehead atoms. The van der Waals surface area contributed by atoms with Crippen LogP contribution < -0.4 is 5.32 Å². The lowest BCUT2D eigenvalue weighted by Gasteiger charge is -2.27. The van der Waals surface area contributed by atoms with E-state index >= 15 is 0 Å². The molecule has 126 valence electrons. The van der Waals surface area contributed by atoms with Crippen LogP contribution in [0.3, 0.4) is 0 Å². The van der Waals surface area contributed by atoms with Crippen molar-refractivity contribution >= 4 is 5.91 Å². The van der Waals surface area contributed by atoms with Crippen molar-refractivity contribution in [2.75, 3.05) is 6.54 Å². The Balaban J connectivity index is 1.35. The lowest BCUT2D eigenvalue weighted by molar-refractivity contribution is -0.122. The van der Waals surface area contributed by atoms with Gasteiger partial charge >= 0.3 is 0 Å². The number of hydrogen-bond donors (Lipinski definition) is 2. The molecule has 0 heterocycles. The summed E-state index contributed by atoms with van der Waals surface area (Å²) in [5, 5.41) is 13.0. The number of rotatable bonds is 6. The van der Waals surface area contributed by atoms with Gasteiger partial charge in [-0.05, 0) is 61.6 Å². The number of benzene rings is 1. The average Bonchev–Trinajstić information content (AvgIpc) is 3.34. The van der Waals surface area contributed by atoms with Gasteiger partial charge in [-0.25, -0.2) is 4.39 Å². The summed E-state index contributed by atoms with van der Waals surface area (Å²) in [6, 6.07) is 6.46. The van der Waals surface area contributed by atoms with Crippen LogP contribution in [0.4, 0.5) is 4.39 Å². The van der Waals surface area contributed by atoms with Crippen LogP contribution in [0.25, 0.3) is 0 Å². The van der Waals surface area contributed by atoms with Crippen molar-refractivity contribution in [2.45, 2.75) is 57.0 Å². The monoisotopic (exact) mass is 319 g/mol. The minimum absolute atomic E-state index is 0.0423. The van der Waals surface area contributed by atoms with Crippen molar-refractivity contribution in [2.24, 2.45) is 11.8 Å². The summed E-state index contributed by atoms with van der Waals surface area (Å²) in [7, 11) is 0. The molecule has 0 radical (unpaired) electrons. The van der Waals surface area contributed by atoms with Crippen LogP contribution in [-0.2, 0) is 4.79 Å². The van der Waals surface area contributed by atoms with Crippen LogP contribution in [0.15, 0.2) is 24.3 Å². The van der Waals surface area contributed by atoms with Gasteiger partial charge in [0, 0.05) is 12.5 Å². The fourth-order valence-electron chi connectivity index (χ4n) is 3.79. The largest absolute Gasteiger partial charge is 0.393 e. The van der Waals surface area contributed by atoms with E-state index in [1.807, 2.05) is 0 Å². The molecule has 2 saturated carbocycles. The van der Waals surface area contributed by atoms with Crippen LogP contribution in [0, 0.1) is 17.7 Å². The Labute approximate surface area is 137 Å². The predicted molar refractivity (Wildman–Crippen MR) is 87.5 cm³/mol. The van der Waals surface area contributed by atoms with Gasteiger partial charge in [-0.15, -0.1) is 0 Å². The fourth-order valence-corrected chi connectivity index (χ4v) is 3.79. The van der Waals surface area contributed by atoms with Gasteiger partial charge in [-0.2, -0.15) is 0 Å². The molecular formula is C19H26FNO2. The molecule has 2 fully saturated rings. The van der Waals surface area contributed by atoms with Gasteiger partial charge in [-0.3, -0.25) is 4.79 Å². The van der Waals surface area contributed by atoms with E-state index in [0.717, 1.165) is 44.1 Å². The van der Waals surface area contributed by atoms with Gasteiger partial charge in [0.05, 0.1) is 6.10 Å². The Kier molecular flexibility index (Phi) is 5.31. The maximum absolute atomic E-state index is 12.9. The van der Waals surface area contributed by atoms with Gasteiger partial charge in [0.1, 0.15) is 5.82 Å². The molecule has 0 saturated heterocycles. The Morgan fingerprint density at radius 2 is 1.96 bits per heavy atom. The molecule has 0 spiro atoms. The van der Waals surface area contributed by atoms with Gasteiger partial charge < -0.3 is 10.4 Å². The number of amides is 1. The highest BCUT2D eigenvalue weighted by atomic mass is 19.1. The number of nitrogens with one attached hydrogen (secondary N) is 1. The maximum Gasteiger partial charge on any atom is 0.223 e. The van der Waals surface area contributed by atoms with E-state index in [1.54, 1.807) is 12.1 Å². The number of aliphatic hydroxyl groups excluding tert-OH is 1. The fraction of sp³-hybridized carbons (Fsp3) is 0.632. The zero-order valence-corrected chi connectivity index (χ0v) is 13.5. The first-order chi connectivity index (χ1) is 11.1. The number of carbonyl (C=O) groups excluding carboxylic acids is 1. The Morgan fingerprint density at radius 3 is 2.70 bits per heavy atom. The summed E-state index contributed by atoms with van der Waals surface area (Å²) in [5.41, 5.74) is 1.05. The normalized spacial score (nSPS) is 30.0. The Hall–Kier alpha value is -1.42. The van der Waals surface area contributed by atoms with Crippen molar-refractivity contribution in [3.8, 4) is 0 Å². The van der Waals surface area contributed by atoms with Crippen LogP contribution in [0.1, 0.15) is 56.4 Å². The zero-order valence-electron chi connectivity index (χ0n) is 13.5. The molecule has 23 heavy (non-hydrogen) atoms. The van der Waals surface area contributed by atoms with Crippen LogP contribution >= 0.6 is 0 Å². The summed E-state index contributed by atoms with van der Waals surface area (Å²) in [4.78, 5) is 12.1. The standard InChI is InChI=1S/C19H26FNO2/c20-15-9-7-13(8-10-15)16-12-17(16)19(23)21-11-3-5-14-4-1-2-6-18(14)22/h7-10,14,16-18,22H,1-6,11-12H2,(H,21,23)/t14-,16-,17-,18-/m0/s1. The summed E-state index contributed by atoms with van der Waals surface area (Å²) in [5.74, 6) is 0.578. The van der Waals surface area contributed by atoms with Gasteiger partial charge in [0.25, 0.3) is 0 Å². The lowest BCUT2D eigenvalue weighted by Crippen LogP contribution is -2.29. The second-order valence-corrected chi connectivity index (χ2v) is 7.05. The second-order valence-electron chi connectivity index (χ2n) is 7.05. The van der Waals surface area contributed by atoms with Crippen molar-refractivity contribution < 1.29 is 14.3 Å². The van der Waals surface area contributed by atoms with Crippen LogP contribution in [-0.4, -0.2) is 23.7 Å². The first-order valence-corrected chi connectivity index (χ1v) is 8.86. The predicted octanol–water partition coefficient (Wildman–Crippen LogP) is 3.38. The maximum atomic E-state index is 12.9. The molecule has 3 rings (SSSR count). The van der Waals surface area contributed by atoms with E-state index in [0.29, 0.717) is 12.5 Å². The van der Waals surface area contributed by atoms with Gasteiger partial charge in [0.2, 0.25) is 5.91 Å². The average molecular weight is 319 g/mol. The third kappa shape index (κ3) is 4.31. The molecule has 0 unspecified atom stereocenters. The number of aliphatic hydroxyl groups is 1. The zero-order chi connectivity index (χ0) is 16.2. The summed E-state index contributed by atoms with van der Waals surface area (Å²) < 4.78 is 12.9. The molecule has 3 nitrogen and oxygen atoms in total. The topological polar surface area (TPSA) is 49.3 Å². The van der Waals surface area contributed by atoms with E-state index in [1.165, 1.54) is 18.6 Å². The quantitative estimate of drug-likeness (QED) is 0.790. The smallest absolute Gasteiger partial charge is 0.223 e. The van der Waals surface area contributed by atoms with Crippen molar-refractivity contribution in [3.05, 3.63) is 35.6 Å². The molecule has 1 amide bonds. The molecule has 1 aromatic rings. The summed E-state index contributed by atoms with van der Waals surface area (Å²) in [6.07, 6.45) is 7.04. The molecular weight excluding hydrogens is 293 g/mol. The van der Waals surface area contributed by atoms with Crippen molar-refractivity contribution in [1.29, 1.82) is 0 Å². The van der Waals surface area contributed by atoms with E-state index in [-0.39, 0.29) is 29.7 Å². The minimum atomic E-state index is -0.236. The first-order valence-electron chi connectivity index (χ1n) is 8.86. The molecule has 0 aliphatic heterocycles. The van der Waals surface area contributed by atoms with E-state index in [2.05, 4.69) is 5.32 Å². The second kappa shape index (κ2) is 7.43. The van der Waals surface area contributed by atoms with Gasteiger partial charge in [0.15, 0.2) is 0 Å². The molecule has 0 aromatic heterocycles. The summed E-state index contributed by atoms with van der Waals surface area (Å²) >= 11 is 0. The van der Waals surface area contributed by atoms with Crippen molar-refractivity contribution in [1.82, 2.24) is 5.32 Å². The van der Waals surface area contributed by atoms with Crippen LogP contribution in [0.5, 0.6) is 0 Å². The number of hydrogen-bond acceptors (Lipinski definition) is 2. The Bertz CT molecular complexity index is 531. The summed E-state index contributed by atoms with van der Waals surface area (Å²) in [6.45, 7) is 0.689. The highest BCUT2D eigenvalue weighted by Gasteiger charge is 2.43. The molecule has 4 heteroatoms. The highest BCUT2D eigenvalue weighted by molar-refractivity contribution is 5.82. The number of halogens is 1. The third-order valence-electron chi connectivity index (χ3n) is 5.35. The molecule has 4 atom stereocenters. The van der Waals surface area contributed by atoms with E-state index in [4.69, 9.17) is 0 Å². The van der Waals surface area contributed by atoms with Gasteiger partial charge in [-0.1, -0.05) is 25.0 Å². The van der Waals surface area contributed by atoms with Crippen LogP contribution in [0.2, 0.25) is 0 Å². The Morgan fingerprint density at radius 1 is 1.22 bits per heavy atom. The van der Waals surface area contributed by atoms with E-state index < -0.39 is 0 Å². The first kappa shape index (κ1) is 16.4.